The molecule has 0 spiro atoms. The van der Waals surface area contributed by atoms with Crippen LogP contribution in [0.2, 0.25) is 0 Å². The lowest BCUT2D eigenvalue weighted by atomic mass is 9.98. The van der Waals surface area contributed by atoms with Crippen LogP contribution >= 0.6 is 15.9 Å². The van der Waals surface area contributed by atoms with Gasteiger partial charge in [0, 0.05) is 17.4 Å². The van der Waals surface area contributed by atoms with Crippen molar-refractivity contribution in [2.75, 3.05) is 6.54 Å². The third-order valence-corrected chi connectivity index (χ3v) is 4.79. The van der Waals surface area contributed by atoms with Crippen LogP contribution in [-0.4, -0.2) is 34.0 Å². The maximum atomic E-state index is 13.2. The number of carbonyl (C=O) groups excluding carboxylic acids is 1. The van der Waals surface area contributed by atoms with Gasteiger partial charge in [0.2, 0.25) is 5.91 Å². The molecule has 1 aromatic rings. The minimum absolute atomic E-state index is 0.172. The van der Waals surface area contributed by atoms with Crippen LogP contribution in [0.15, 0.2) is 22.7 Å². The number of nitrogens with zero attached hydrogens (tertiary/aromatic N) is 1. The van der Waals surface area contributed by atoms with Crippen LogP contribution in [0.1, 0.15) is 31.7 Å². The highest BCUT2D eigenvalue weighted by atomic mass is 79.9. The van der Waals surface area contributed by atoms with E-state index in [0.29, 0.717) is 31.4 Å². The molecule has 1 fully saturated rings. The van der Waals surface area contributed by atoms with Crippen molar-refractivity contribution in [1.29, 1.82) is 0 Å². The number of hydrogen-bond donors (Lipinski definition) is 1. The van der Waals surface area contributed by atoms with Crippen LogP contribution in [0.4, 0.5) is 4.39 Å². The Hall–Kier alpha value is -1.43. The molecule has 0 saturated carbocycles. The first kappa shape index (κ1) is 15.9. The Labute approximate surface area is 131 Å². The second kappa shape index (κ2) is 6.13. The molecule has 1 unspecified atom stereocenters. The molecule has 1 N–H and O–H groups in total. The Morgan fingerprint density at radius 2 is 2.19 bits per heavy atom. The minimum atomic E-state index is -1.11. The lowest BCUT2D eigenvalue weighted by molar-refractivity contribution is -0.155. The van der Waals surface area contributed by atoms with Gasteiger partial charge in [-0.1, -0.05) is 15.9 Å². The van der Waals surface area contributed by atoms with E-state index in [1.165, 1.54) is 17.0 Å². The van der Waals surface area contributed by atoms with Crippen molar-refractivity contribution >= 4 is 27.8 Å². The maximum absolute atomic E-state index is 13.2. The summed E-state index contributed by atoms with van der Waals surface area (Å²) in [6.45, 7) is 2.05. The first-order valence-electron chi connectivity index (χ1n) is 6.82. The highest BCUT2D eigenvalue weighted by Gasteiger charge is 2.45. The summed E-state index contributed by atoms with van der Waals surface area (Å²) >= 11 is 3.32. The molecule has 0 bridgehead atoms. The third kappa shape index (κ3) is 3.26. The van der Waals surface area contributed by atoms with Gasteiger partial charge in [-0.2, -0.15) is 0 Å². The van der Waals surface area contributed by atoms with Gasteiger partial charge in [0.05, 0.1) is 0 Å². The van der Waals surface area contributed by atoms with E-state index in [0.717, 1.165) is 4.47 Å². The fraction of sp³-hybridized carbons (Fsp3) is 0.467. The Bertz CT molecular complexity index is 578. The number of rotatable bonds is 4. The highest BCUT2D eigenvalue weighted by molar-refractivity contribution is 9.10. The summed E-state index contributed by atoms with van der Waals surface area (Å²) in [6, 6.07) is 4.33. The van der Waals surface area contributed by atoms with Crippen LogP contribution in [0.25, 0.3) is 0 Å². The van der Waals surface area contributed by atoms with E-state index < -0.39 is 11.5 Å². The van der Waals surface area contributed by atoms with E-state index in [1.54, 1.807) is 13.0 Å². The van der Waals surface area contributed by atoms with Gasteiger partial charge in [-0.15, -0.1) is 0 Å². The molecule has 1 aliphatic rings. The van der Waals surface area contributed by atoms with E-state index in [-0.39, 0.29) is 18.1 Å². The first-order chi connectivity index (χ1) is 9.84. The number of aryl methyl sites for hydroxylation is 1. The normalized spacial score (nSPS) is 21.6. The van der Waals surface area contributed by atoms with Gasteiger partial charge >= 0.3 is 5.97 Å². The van der Waals surface area contributed by atoms with Gasteiger partial charge in [-0.05, 0) is 49.9 Å². The smallest absolute Gasteiger partial charge is 0.329 e. The summed E-state index contributed by atoms with van der Waals surface area (Å²) in [4.78, 5) is 25.1. The monoisotopic (exact) mass is 357 g/mol. The van der Waals surface area contributed by atoms with Gasteiger partial charge in [-0.3, -0.25) is 4.79 Å². The molecule has 4 nitrogen and oxygen atoms in total. The number of benzene rings is 1. The molecule has 1 atom stereocenters. The fourth-order valence-corrected chi connectivity index (χ4v) is 3.14. The summed E-state index contributed by atoms with van der Waals surface area (Å²) in [6.07, 6.45) is 1.71. The van der Waals surface area contributed by atoms with Gasteiger partial charge < -0.3 is 10.0 Å². The lowest BCUT2D eigenvalue weighted by Gasteiger charge is -2.31. The SMILES string of the molecule is CC1(C(=O)O)CCCN1C(=O)CCc1cc(F)ccc1Br. The number of likely N-dealkylation sites (tertiary alicyclic amines) is 1. The van der Waals surface area contributed by atoms with Crippen LogP contribution in [0.3, 0.4) is 0 Å². The predicted octanol–water partition coefficient (Wildman–Crippen LogP) is 2.99. The predicted molar refractivity (Wildman–Crippen MR) is 79.4 cm³/mol. The van der Waals surface area contributed by atoms with Crippen LogP contribution in [-0.2, 0) is 16.0 Å². The van der Waals surface area contributed by atoms with Crippen molar-refractivity contribution in [1.82, 2.24) is 4.90 Å². The van der Waals surface area contributed by atoms with Crippen molar-refractivity contribution in [2.24, 2.45) is 0 Å². The summed E-state index contributed by atoms with van der Waals surface area (Å²) in [5.74, 6) is -1.52. The molecule has 0 radical (unpaired) electrons. The molecule has 1 aliphatic heterocycles. The van der Waals surface area contributed by atoms with E-state index >= 15 is 0 Å². The second-order valence-electron chi connectivity index (χ2n) is 5.46. The molecule has 1 amide bonds. The summed E-state index contributed by atoms with van der Waals surface area (Å²) in [7, 11) is 0. The zero-order chi connectivity index (χ0) is 15.6. The summed E-state index contributed by atoms with van der Waals surface area (Å²) in [5, 5.41) is 9.31. The van der Waals surface area contributed by atoms with Gasteiger partial charge in [0.1, 0.15) is 11.4 Å². The van der Waals surface area contributed by atoms with Crippen LogP contribution < -0.4 is 0 Å². The first-order valence-corrected chi connectivity index (χ1v) is 7.61. The molecule has 114 valence electrons. The number of halogens is 2. The van der Waals surface area contributed by atoms with E-state index in [1.807, 2.05) is 0 Å². The molecule has 1 heterocycles. The molecular formula is C15H17BrFNO3. The van der Waals surface area contributed by atoms with E-state index in [9.17, 15) is 19.1 Å². The Kier molecular flexibility index (Phi) is 4.66. The molecule has 0 aromatic heterocycles. The minimum Gasteiger partial charge on any atom is -0.480 e. The molecule has 1 saturated heterocycles. The second-order valence-corrected chi connectivity index (χ2v) is 6.32. The largest absolute Gasteiger partial charge is 0.480 e. The zero-order valence-electron chi connectivity index (χ0n) is 11.7. The molecule has 21 heavy (non-hydrogen) atoms. The average molecular weight is 358 g/mol. The van der Waals surface area contributed by atoms with Crippen molar-refractivity contribution in [3.63, 3.8) is 0 Å². The molecule has 2 rings (SSSR count). The fourth-order valence-electron chi connectivity index (χ4n) is 2.70. The lowest BCUT2D eigenvalue weighted by Crippen LogP contribution is -2.50. The van der Waals surface area contributed by atoms with Gasteiger partial charge in [0.25, 0.3) is 0 Å². The van der Waals surface area contributed by atoms with E-state index in [2.05, 4.69) is 15.9 Å². The summed E-state index contributed by atoms with van der Waals surface area (Å²) in [5.41, 5.74) is -0.407. The van der Waals surface area contributed by atoms with Crippen LogP contribution in [0.5, 0.6) is 0 Å². The highest BCUT2D eigenvalue weighted by Crippen LogP contribution is 2.30. The van der Waals surface area contributed by atoms with Crippen molar-refractivity contribution in [2.45, 2.75) is 38.1 Å². The number of hydrogen-bond acceptors (Lipinski definition) is 2. The van der Waals surface area contributed by atoms with Crippen LogP contribution in [0, 0.1) is 5.82 Å². The quantitative estimate of drug-likeness (QED) is 0.900. The van der Waals surface area contributed by atoms with Crippen molar-refractivity contribution in [3.05, 3.63) is 34.1 Å². The molecular weight excluding hydrogens is 341 g/mol. The van der Waals surface area contributed by atoms with Crippen molar-refractivity contribution < 1.29 is 19.1 Å². The number of carbonyl (C=O) groups is 2. The number of aliphatic carboxylic acids is 1. The van der Waals surface area contributed by atoms with Gasteiger partial charge in [0.15, 0.2) is 0 Å². The Morgan fingerprint density at radius 1 is 1.48 bits per heavy atom. The van der Waals surface area contributed by atoms with Crippen molar-refractivity contribution in [3.8, 4) is 0 Å². The number of carboxylic acid groups (broad SMARTS) is 1. The Morgan fingerprint density at radius 3 is 2.86 bits per heavy atom. The maximum Gasteiger partial charge on any atom is 0.329 e. The standard InChI is InChI=1S/C15H17BrFNO3/c1-15(14(20)21)7-2-8-18(15)13(19)6-3-10-9-11(17)4-5-12(10)16/h4-5,9H,2-3,6-8H2,1H3,(H,20,21). The van der Waals surface area contributed by atoms with Gasteiger partial charge in [-0.25, -0.2) is 9.18 Å². The zero-order valence-corrected chi connectivity index (χ0v) is 13.3. The third-order valence-electron chi connectivity index (χ3n) is 4.02. The number of carboxylic acids is 1. The summed E-state index contributed by atoms with van der Waals surface area (Å²) < 4.78 is 14.0. The topological polar surface area (TPSA) is 57.6 Å². The average Bonchev–Trinajstić information content (AvgIpc) is 2.83. The molecule has 0 aliphatic carbocycles. The molecule has 6 heteroatoms. The van der Waals surface area contributed by atoms with E-state index in [4.69, 9.17) is 0 Å². The Balaban J connectivity index is 2.05. The molecule has 1 aromatic carbocycles. The number of amides is 1.